The third kappa shape index (κ3) is 3.59. The van der Waals surface area contributed by atoms with Gasteiger partial charge in [-0.3, -0.25) is 9.69 Å². The zero-order valence-electron chi connectivity index (χ0n) is 12.9. The summed E-state index contributed by atoms with van der Waals surface area (Å²) in [5.74, 6) is 0.922. The van der Waals surface area contributed by atoms with Crippen molar-refractivity contribution in [2.75, 3.05) is 6.54 Å². The molecule has 126 valence electrons. The molecule has 2 unspecified atom stereocenters. The smallest absolute Gasteiger partial charge is 0.407 e. The monoisotopic (exact) mass is 322 g/mol. The molecule has 1 aliphatic heterocycles. The van der Waals surface area contributed by atoms with Crippen LogP contribution in [0.25, 0.3) is 0 Å². The molecule has 1 aliphatic carbocycles. The first-order valence-electron chi connectivity index (χ1n) is 8.14. The van der Waals surface area contributed by atoms with Crippen LogP contribution in [0, 0.1) is 11.8 Å². The minimum Gasteiger partial charge on any atom is -0.465 e. The molecule has 9 heteroatoms. The Balaban J connectivity index is 1.61. The fraction of sp³-hybridized carbons (Fsp3) is 0.786. The summed E-state index contributed by atoms with van der Waals surface area (Å²) in [6, 6.07) is -0.619. The Morgan fingerprint density at radius 1 is 1.26 bits per heavy atom. The molecular weight excluding hydrogens is 300 g/mol. The zero-order valence-corrected chi connectivity index (χ0v) is 12.9. The van der Waals surface area contributed by atoms with Crippen molar-refractivity contribution < 1.29 is 14.7 Å². The van der Waals surface area contributed by atoms with Gasteiger partial charge in [0.25, 0.3) is 0 Å². The number of aromatic amines is 1. The molecule has 1 saturated carbocycles. The van der Waals surface area contributed by atoms with Crippen LogP contribution in [0.2, 0.25) is 0 Å². The lowest BCUT2D eigenvalue weighted by molar-refractivity contribution is -0.125. The van der Waals surface area contributed by atoms with E-state index in [-0.39, 0.29) is 18.4 Å². The Hall–Kier alpha value is -2.19. The van der Waals surface area contributed by atoms with Crippen molar-refractivity contribution in [3.63, 3.8) is 0 Å². The summed E-state index contributed by atoms with van der Waals surface area (Å²) in [6.45, 7) is 0.605. The van der Waals surface area contributed by atoms with E-state index in [0.717, 1.165) is 12.8 Å². The molecule has 1 saturated heterocycles. The number of nitrogens with one attached hydrogen (secondary N) is 2. The van der Waals surface area contributed by atoms with E-state index in [2.05, 4.69) is 25.9 Å². The molecule has 9 nitrogen and oxygen atoms in total. The first kappa shape index (κ1) is 15.7. The Labute approximate surface area is 133 Å². The van der Waals surface area contributed by atoms with Crippen LogP contribution in [0.15, 0.2) is 0 Å². The lowest BCUT2D eigenvalue weighted by Crippen LogP contribution is -2.45. The van der Waals surface area contributed by atoms with E-state index in [9.17, 15) is 14.7 Å². The van der Waals surface area contributed by atoms with Crippen LogP contribution in [0.3, 0.4) is 0 Å². The number of likely N-dealkylation sites (tertiary alicyclic amines) is 1. The van der Waals surface area contributed by atoms with Crippen LogP contribution in [0.5, 0.6) is 0 Å². The fourth-order valence-corrected chi connectivity index (χ4v) is 3.82. The van der Waals surface area contributed by atoms with E-state index < -0.39 is 12.1 Å². The highest BCUT2D eigenvalue weighted by Crippen LogP contribution is 2.37. The van der Waals surface area contributed by atoms with Gasteiger partial charge in [-0.25, -0.2) is 4.79 Å². The molecule has 2 heterocycles. The predicted molar refractivity (Wildman–Crippen MR) is 79.2 cm³/mol. The normalized spacial score (nSPS) is 25.5. The van der Waals surface area contributed by atoms with Gasteiger partial charge in [0.1, 0.15) is 6.04 Å². The summed E-state index contributed by atoms with van der Waals surface area (Å²) >= 11 is 0. The number of nitrogens with zero attached hydrogens (tertiary/aromatic N) is 4. The van der Waals surface area contributed by atoms with Gasteiger partial charge in [0, 0.05) is 6.54 Å². The lowest BCUT2D eigenvalue weighted by Gasteiger charge is -2.26. The molecule has 0 bridgehead atoms. The van der Waals surface area contributed by atoms with Gasteiger partial charge in [-0.05, 0) is 18.3 Å². The molecule has 2 amide bonds. The van der Waals surface area contributed by atoms with Gasteiger partial charge in [0.2, 0.25) is 5.91 Å². The largest absolute Gasteiger partial charge is 0.465 e. The molecule has 23 heavy (non-hydrogen) atoms. The van der Waals surface area contributed by atoms with E-state index in [1.54, 1.807) is 0 Å². The molecule has 1 aromatic rings. The van der Waals surface area contributed by atoms with Gasteiger partial charge in [0.15, 0.2) is 5.82 Å². The van der Waals surface area contributed by atoms with Gasteiger partial charge in [0.05, 0.1) is 6.54 Å². The van der Waals surface area contributed by atoms with Crippen molar-refractivity contribution in [3.05, 3.63) is 5.82 Å². The fourth-order valence-electron chi connectivity index (χ4n) is 3.82. The number of hydrogen-bond donors (Lipinski definition) is 3. The molecule has 0 radical (unpaired) electrons. The first-order chi connectivity index (χ1) is 11.1. The van der Waals surface area contributed by atoms with Crippen LogP contribution >= 0.6 is 0 Å². The summed E-state index contributed by atoms with van der Waals surface area (Å²) in [5.41, 5.74) is 0. The third-order valence-electron chi connectivity index (χ3n) is 5.01. The summed E-state index contributed by atoms with van der Waals surface area (Å²) in [6.07, 6.45) is 5.56. The van der Waals surface area contributed by atoms with Crippen molar-refractivity contribution >= 4 is 12.0 Å². The summed E-state index contributed by atoms with van der Waals surface area (Å²) in [7, 11) is 0. The maximum atomic E-state index is 12.4. The highest BCUT2D eigenvalue weighted by molar-refractivity contribution is 5.85. The molecule has 2 aliphatic rings. The van der Waals surface area contributed by atoms with E-state index in [1.165, 1.54) is 24.2 Å². The van der Waals surface area contributed by atoms with E-state index >= 15 is 0 Å². The number of amides is 2. The summed E-state index contributed by atoms with van der Waals surface area (Å²) < 4.78 is 0. The molecule has 1 aromatic heterocycles. The SMILES string of the molecule is O=C(NCc1nn[nH]n1)C1CC(C2CCCCC2)CN1C(=O)O. The van der Waals surface area contributed by atoms with Crippen molar-refractivity contribution in [1.82, 2.24) is 30.8 Å². The number of carbonyl (C=O) groups excluding carboxylic acids is 1. The topological polar surface area (TPSA) is 124 Å². The molecule has 2 atom stereocenters. The molecule has 3 rings (SSSR count). The van der Waals surface area contributed by atoms with E-state index in [1.807, 2.05) is 0 Å². The maximum Gasteiger partial charge on any atom is 0.407 e. The average Bonchev–Trinajstić information content (AvgIpc) is 3.23. The zero-order chi connectivity index (χ0) is 16.2. The van der Waals surface area contributed by atoms with Crippen molar-refractivity contribution in [2.45, 2.75) is 51.1 Å². The van der Waals surface area contributed by atoms with Crippen LogP contribution in [-0.4, -0.2) is 55.2 Å². The van der Waals surface area contributed by atoms with Crippen molar-refractivity contribution in [1.29, 1.82) is 0 Å². The number of tetrazole rings is 1. The van der Waals surface area contributed by atoms with Crippen molar-refractivity contribution in [3.8, 4) is 0 Å². The summed E-state index contributed by atoms with van der Waals surface area (Å²) in [4.78, 5) is 25.1. The minimum absolute atomic E-state index is 0.146. The van der Waals surface area contributed by atoms with Crippen LogP contribution in [0.4, 0.5) is 4.79 Å². The maximum absolute atomic E-state index is 12.4. The first-order valence-corrected chi connectivity index (χ1v) is 8.14. The Morgan fingerprint density at radius 3 is 2.70 bits per heavy atom. The molecule has 3 N–H and O–H groups in total. The number of hydrogen-bond acceptors (Lipinski definition) is 5. The number of carbonyl (C=O) groups is 2. The van der Waals surface area contributed by atoms with Gasteiger partial charge < -0.3 is 10.4 Å². The van der Waals surface area contributed by atoms with Crippen molar-refractivity contribution in [2.24, 2.45) is 11.8 Å². The molecule has 0 spiro atoms. The van der Waals surface area contributed by atoms with Gasteiger partial charge in [-0.15, -0.1) is 10.2 Å². The number of H-pyrrole nitrogens is 1. The number of carboxylic acid groups (broad SMARTS) is 1. The van der Waals surface area contributed by atoms with E-state index in [4.69, 9.17) is 0 Å². The van der Waals surface area contributed by atoms with Crippen LogP contribution < -0.4 is 5.32 Å². The summed E-state index contributed by atoms with van der Waals surface area (Å²) in [5, 5.41) is 25.4. The second-order valence-electron chi connectivity index (χ2n) is 6.39. The third-order valence-corrected chi connectivity index (χ3v) is 5.01. The molecule has 2 fully saturated rings. The van der Waals surface area contributed by atoms with Gasteiger partial charge in [-0.1, -0.05) is 37.3 Å². The van der Waals surface area contributed by atoms with Crippen LogP contribution in [-0.2, 0) is 11.3 Å². The average molecular weight is 322 g/mol. The standard InChI is InChI=1S/C14H22N6O3/c21-13(15-7-12-16-18-19-17-12)11-6-10(8-20(11)14(22)23)9-4-2-1-3-5-9/h9-11H,1-8H2,(H,15,21)(H,22,23)(H,16,17,18,19). The highest BCUT2D eigenvalue weighted by Gasteiger charge is 2.42. The van der Waals surface area contributed by atoms with Crippen LogP contribution in [0.1, 0.15) is 44.3 Å². The second-order valence-corrected chi connectivity index (χ2v) is 6.39. The number of aromatic nitrogens is 4. The molecular formula is C14H22N6O3. The van der Waals surface area contributed by atoms with E-state index in [0.29, 0.717) is 24.7 Å². The van der Waals surface area contributed by atoms with Gasteiger partial charge >= 0.3 is 6.09 Å². The Morgan fingerprint density at radius 2 is 2.04 bits per heavy atom. The Bertz CT molecular complexity index is 543. The van der Waals surface area contributed by atoms with Gasteiger partial charge in [-0.2, -0.15) is 5.21 Å². The minimum atomic E-state index is -1.02. The lowest BCUT2D eigenvalue weighted by atomic mass is 9.79. The predicted octanol–water partition coefficient (Wildman–Crippen LogP) is 0.765. The Kier molecular flexibility index (Phi) is 4.73. The quantitative estimate of drug-likeness (QED) is 0.752. The second kappa shape index (κ2) is 6.93. The molecule has 0 aromatic carbocycles. The highest BCUT2D eigenvalue weighted by atomic mass is 16.4. The number of rotatable bonds is 4.